The summed E-state index contributed by atoms with van der Waals surface area (Å²) in [5, 5.41) is 30.5. The fourth-order valence-electron chi connectivity index (χ4n) is 6.99. The number of allylic oxidation sites excluding steroid dienone is 3. The molecule has 30 heavy (non-hydrogen) atoms. The zero-order chi connectivity index (χ0) is 21.5. The summed E-state index contributed by atoms with van der Waals surface area (Å²) in [7, 11) is 0. The van der Waals surface area contributed by atoms with Crippen molar-refractivity contribution in [1.82, 2.24) is 0 Å². The molecular formula is C27H42O3. The molecule has 3 fully saturated rings. The van der Waals surface area contributed by atoms with E-state index in [1.54, 1.807) is 0 Å². The monoisotopic (exact) mass is 414 g/mol. The molecular weight excluding hydrogens is 372 g/mol. The van der Waals surface area contributed by atoms with Crippen LogP contribution in [0.2, 0.25) is 0 Å². The van der Waals surface area contributed by atoms with Crippen molar-refractivity contribution < 1.29 is 15.3 Å². The second-order valence-corrected chi connectivity index (χ2v) is 11.1. The molecule has 0 aliphatic heterocycles. The van der Waals surface area contributed by atoms with Crippen LogP contribution >= 0.6 is 0 Å². The normalized spacial score (nSPS) is 42.1. The number of aliphatic hydroxyl groups excluding tert-OH is 3. The Bertz CT molecular complexity index is 703. The molecule has 0 spiro atoms. The highest BCUT2D eigenvalue weighted by Crippen LogP contribution is 2.60. The number of rotatable bonds is 6. The van der Waals surface area contributed by atoms with Gasteiger partial charge in [-0.25, -0.2) is 0 Å². The first-order valence-electron chi connectivity index (χ1n) is 12.4. The van der Waals surface area contributed by atoms with Gasteiger partial charge in [-0.1, -0.05) is 44.6 Å². The standard InChI is InChI=1S/C27H42O3/c1-17(6-13-25(29)20-8-9-20)23-11-12-24-19(5-4-14-27(23,24)3)7-10-21-15-22(28)16-26(30)18(21)2/h6-7,10,13,17,19-20,22-26,28-30H,4-5,8-9,11-12,14-16H2,1-3H3/b10-7+,13-6+/t17-,19+,22-,23-,24+,25-,26+,27-/m1/s1. The Balaban J connectivity index is 1.45. The summed E-state index contributed by atoms with van der Waals surface area (Å²) in [4.78, 5) is 0. The van der Waals surface area contributed by atoms with Crippen molar-refractivity contribution in [2.45, 2.75) is 96.9 Å². The minimum Gasteiger partial charge on any atom is -0.393 e. The quantitative estimate of drug-likeness (QED) is 0.526. The molecule has 0 aromatic heterocycles. The molecule has 0 heterocycles. The number of aliphatic hydroxyl groups is 3. The molecule has 4 aliphatic carbocycles. The van der Waals surface area contributed by atoms with Gasteiger partial charge < -0.3 is 15.3 Å². The Morgan fingerprint density at radius 3 is 2.57 bits per heavy atom. The lowest BCUT2D eigenvalue weighted by atomic mass is 9.59. The van der Waals surface area contributed by atoms with Crippen molar-refractivity contribution in [2.75, 3.05) is 0 Å². The van der Waals surface area contributed by atoms with Crippen LogP contribution in [0.1, 0.15) is 78.6 Å². The van der Waals surface area contributed by atoms with Crippen LogP contribution in [-0.4, -0.2) is 33.6 Å². The predicted octanol–water partition coefficient (Wildman–Crippen LogP) is 5.17. The second kappa shape index (κ2) is 8.92. The van der Waals surface area contributed by atoms with Gasteiger partial charge in [0.25, 0.3) is 0 Å². The number of hydrogen-bond acceptors (Lipinski definition) is 3. The maximum atomic E-state index is 10.2. The molecule has 3 heteroatoms. The lowest BCUT2D eigenvalue weighted by Crippen LogP contribution is -2.38. The first kappa shape index (κ1) is 22.3. The maximum Gasteiger partial charge on any atom is 0.0777 e. The molecule has 168 valence electrons. The van der Waals surface area contributed by atoms with E-state index in [2.05, 4.69) is 38.2 Å². The molecule has 0 unspecified atom stereocenters. The largest absolute Gasteiger partial charge is 0.393 e. The SMILES string of the molecule is CC1=C(/C=C/[C@@H]2CCC[C@]3(C)[C@@H]([C@H](C)/C=C/[C@@H](O)C4CC4)CC[C@@H]23)C[C@@H](O)C[C@@H]1O. The second-order valence-electron chi connectivity index (χ2n) is 11.1. The Morgan fingerprint density at radius 2 is 1.83 bits per heavy atom. The van der Waals surface area contributed by atoms with E-state index in [9.17, 15) is 15.3 Å². The summed E-state index contributed by atoms with van der Waals surface area (Å²) in [6, 6.07) is 0. The van der Waals surface area contributed by atoms with Crippen molar-refractivity contribution in [1.29, 1.82) is 0 Å². The van der Waals surface area contributed by atoms with Crippen LogP contribution in [0.5, 0.6) is 0 Å². The fraction of sp³-hybridized carbons (Fsp3) is 0.778. The first-order valence-corrected chi connectivity index (χ1v) is 12.4. The molecule has 0 amide bonds. The van der Waals surface area contributed by atoms with Crippen LogP contribution in [0.4, 0.5) is 0 Å². The number of fused-ring (bicyclic) bond motifs is 1. The third-order valence-electron chi connectivity index (χ3n) is 9.11. The van der Waals surface area contributed by atoms with Gasteiger partial charge in [-0.2, -0.15) is 0 Å². The molecule has 8 atom stereocenters. The molecule has 3 nitrogen and oxygen atoms in total. The van der Waals surface area contributed by atoms with Crippen LogP contribution < -0.4 is 0 Å². The van der Waals surface area contributed by atoms with Crippen molar-refractivity contribution in [3.63, 3.8) is 0 Å². The van der Waals surface area contributed by atoms with Gasteiger partial charge in [-0.15, -0.1) is 0 Å². The average Bonchev–Trinajstić information content (AvgIpc) is 3.49. The fourth-order valence-corrected chi connectivity index (χ4v) is 6.99. The van der Waals surface area contributed by atoms with Gasteiger partial charge in [0.2, 0.25) is 0 Å². The van der Waals surface area contributed by atoms with Gasteiger partial charge >= 0.3 is 0 Å². The highest BCUT2D eigenvalue weighted by atomic mass is 16.3. The zero-order valence-corrected chi connectivity index (χ0v) is 19.1. The van der Waals surface area contributed by atoms with Crippen LogP contribution in [0.25, 0.3) is 0 Å². The molecule has 3 saturated carbocycles. The summed E-state index contributed by atoms with van der Waals surface area (Å²) in [5.41, 5.74) is 2.54. The third kappa shape index (κ3) is 4.49. The van der Waals surface area contributed by atoms with Gasteiger partial charge in [0, 0.05) is 6.42 Å². The van der Waals surface area contributed by atoms with Crippen LogP contribution in [-0.2, 0) is 0 Å². The molecule has 4 rings (SSSR count). The third-order valence-corrected chi connectivity index (χ3v) is 9.11. The summed E-state index contributed by atoms with van der Waals surface area (Å²) >= 11 is 0. The number of hydrogen-bond donors (Lipinski definition) is 3. The van der Waals surface area contributed by atoms with E-state index in [0.717, 1.165) is 17.1 Å². The Hall–Kier alpha value is -0.900. The van der Waals surface area contributed by atoms with Gasteiger partial charge in [0.1, 0.15) is 0 Å². The summed E-state index contributed by atoms with van der Waals surface area (Å²) in [6.45, 7) is 6.89. The Labute approximate surface area is 183 Å². The van der Waals surface area contributed by atoms with Gasteiger partial charge in [-0.3, -0.25) is 0 Å². The van der Waals surface area contributed by atoms with Gasteiger partial charge in [0.05, 0.1) is 18.3 Å². The van der Waals surface area contributed by atoms with Crippen molar-refractivity contribution in [3.05, 3.63) is 35.5 Å². The lowest BCUT2D eigenvalue weighted by Gasteiger charge is -2.46. The lowest BCUT2D eigenvalue weighted by molar-refractivity contribution is 0.0546. The van der Waals surface area contributed by atoms with E-state index in [0.29, 0.717) is 41.9 Å². The summed E-state index contributed by atoms with van der Waals surface area (Å²) in [5.74, 6) is 3.04. The summed E-state index contributed by atoms with van der Waals surface area (Å²) < 4.78 is 0. The Morgan fingerprint density at radius 1 is 1.07 bits per heavy atom. The van der Waals surface area contributed by atoms with E-state index in [1.165, 1.54) is 44.9 Å². The minimum atomic E-state index is -0.500. The van der Waals surface area contributed by atoms with Gasteiger partial charge in [-0.05, 0) is 98.0 Å². The predicted molar refractivity (Wildman–Crippen MR) is 122 cm³/mol. The molecule has 0 aromatic carbocycles. The molecule has 0 saturated heterocycles. The van der Waals surface area contributed by atoms with Crippen LogP contribution in [0.3, 0.4) is 0 Å². The van der Waals surface area contributed by atoms with E-state index in [-0.39, 0.29) is 6.10 Å². The highest BCUT2D eigenvalue weighted by Gasteiger charge is 2.51. The molecule has 0 bridgehead atoms. The topological polar surface area (TPSA) is 60.7 Å². The smallest absolute Gasteiger partial charge is 0.0777 e. The van der Waals surface area contributed by atoms with Crippen LogP contribution in [0, 0.1) is 35.0 Å². The van der Waals surface area contributed by atoms with E-state index >= 15 is 0 Å². The highest BCUT2D eigenvalue weighted by molar-refractivity contribution is 5.31. The van der Waals surface area contributed by atoms with Crippen molar-refractivity contribution in [2.24, 2.45) is 35.0 Å². The van der Waals surface area contributed by atoms with Crippen molar-refractivity contribution >= 4 is 0 Å². The molecule has 4 aliphatic rings. The molecule has 3 N–H and O–H groups in total. The maximum absolute atomic E-state index is 10.2. The zero-order valence-electron chi connectivity index (χ0n) is 19.1. The van der Waals surface area contributed by atoms with Gasteiger partial charge in [0.15, 0.2) is 0 Å². The first-order chi connectivity index (χ1) is 14.3. The van der Waals surface area contributed by atoms with E-state index in [1.807, 2.05) is 6.92 Å². The molecule has 0 radical (unpaired) electrons. The van der Waals surface area contributed by atoms with E-state index < -0.39 is 12.2 Å². The average molecular weight is 415 g/mol. The Kier molecular flexibility index (Phi) is 6.63. The minimum absolute atomic E-state index is 0.239. The van der Waals surface area contributed by atoms with Crippen molar-refractivity contribution in [3.8, 4) is 0 Å². The summed E-state index contributed by atoms with van der Waals surface area (Å²) in [6.07, 6.45) is 17.8. The van der Waals surface area contributed by atoms with E-state index in [4.69, 9.17) is 0 Å². The van der Waals surface area contributed by atoms with Crippen LogP contribution in [0.15, 0.2) is 35.5 Å². The molecule has 0 aromatic rings.